The molecular formula is C17H19N3O2. The van der Waals surface area contributed by atoms with Crippen molar-refractivity contribution in [2.75, 3.05) is 10.6 Å². The second-order valence-corrected chi connectivity index (χ2v) is 5.10. The van der Waals surface area contributed by atoms with Gasteiger partial charge in [0.2, 0.25) is 5.91 Å². The number of benzene rings is 2. The topological polar surface area (TPSA) is 84.2 Å². The van der Waals surface area contributed by atoms with Crippen molar-refractivity contribution in [1.82, 2.24) is 0 Å². The molecule has 0 bridgehead atoms. The number of carbonyl (C=O) groups is 2. The molecule has 2 aromatic carbocycles. The van der Waals surface area contributed by atoms with E-state index in [0.29, 0.717) is 24.2 Å². The maximum atomic E-state index is 11.9. The van der Waals surface area contributed by atoms with Crippen LogP contribution in [0.5, 0.6) is 0 Å². The third-order valence-corrected chi connectivity index (χ3v) is 3.20. The zero-order valence-corrected chi connectivity index (χ0v) is 12.4. The van der Waals surface area contributed by atoms with E-state index >= 15 is 0 Å². The van der Waals surface area contributed by atoms with Crippen LogP contribution in [-0.4, -0.2) is 11.9 Å². The zero-order chi connectivity index (χ0) is 15.9. The maximum absolute atomic E-state index is 11.9. The molecule has 22 heavy (non-hydrogen) atoms. The van der Waals surface area contributed by atoms with Crippen molar-refractivity contribution in [2.24, 2.45) is 5.73 Å². The molecule has 0 spiro atoms. The first-order valence-electron chi connectivity index (χ1n) is 7.05. The Kier molecular flexibility index (Phi) is 5.14. The van der Waals surface area contributed by atoms with Crippen LogP contribution in [0.25, 0.3) is 0 Å². The Labute approximate surface area is 129 Å². The largest absolute Gasteiger partial charge is 0.351 e. The number of anilines is 2. The van der Waals surface area contributed by atoms with E-state index in [2.05, 4.69) is 10.6 Å². The van der Waals surface area contributed by atoms with E-state index < -0.39 is 6.03 Å². The first-order chi connectivity index (χ1) is 10.5. The van der Waals surface area contributed by atoms with E-state index in [4.69, 9.17) is 5.73 Å². The van der Waals surface area contributed by atoms with E-state index in [1.807, 2.05) is 31.2 Å². The van der Waals surface area contributed by atoms with Crippen LogP contribution in [0.3, 0.4) is 0 Å². The molecule has 3 amide bonds. The molecule has 5 nitrogen and oxygen atoms in total. The minimum Gasteiger partial charge on any atom is -0.351 e. The lowest BCUT2D eigenvalue weighted by molar-refractivity contribution is -0.116. The SMILES string of the molecule is Cc1ccc(CCC(=O)Nc2ccc(NC(N)=O)cc2)cc1. The van der Waals surface area contributed by atoms with Gasteiger partial charge in [-0.2, -0.15) is 0 Å². The Bertz CT molecular complexity index is 649. The van der Waals surface area contributed by atoms with Gasteiger partial charge in [-0.1, -0.05) is 29.8 Å². The highest BCUT2D eigenvalue weighted by Gasteiger charge is 2.04. The molecule has 0 fully saturated rings. The summed E-state index contributed by atoms with van der Waals surface area (Å²) in [5.41, 5.74) is 8.65. The van der Waals surface area contributed by atoms with Crippen LogP contribution in [0.4, 0.5) is 16.2 Å². The van der Waals surface area contributed by atoms with Crippen molar-refractivity contribution in [2.45, 2.75) is 19.8 Å². The Morgan fingerprint density at radius 2 is 1.45 bits per heavy atom. The van der Waals surface area contributed by atoms with Gasteiger partial charge in [-0.3, -0.25) is 4.79 Å². The predicted octanol–water partition coefficient (Wildman–Crippen LogP) is 3.06. The molecule has 0 atom stereocenters. The number of carbonyl (C=O) groups excluding carboxylic acids is 2. The second-order valence-electron chi connectivity index (χ2n) is 5.10. The van der Waals surface area contributed by atoms with Gasteiger partial charge in [0.15, 0.2) is 0 Å². The Morgan fingerprint density at radius 3 is 2.00 bits per heavy atom. The molecule has 0 aliphatic carbocycles. The summed E-state index contributed by atoms with van der Waals surface area (Å²) >= 11 is 0. The Morgan fingerprint density at radius 1 is 0.909 bits per heavy atom. The molecule has 4 N–H and O–H groups in total. The lowest BCUT2D eigenvalue weighted by atomic mass is 10.1. The number of nitrogens with one attached hydrogen (secondary N) is 2. The van der Waals surface area contributed by atoms with E-state index in [1.54, 1.807) is 24.3 Å². The highest BCUT2D eigenvalue weighted by Crippen LogP contribution is 2.14. The summed E-state index contributed by atoms with van der Waals surface area (Å²) in [5, 5.41) is 5.28. The van der Waals surface area contributed by atoms with Crippen molar-refractivity contribution in [3.8, 4) is 0 Å². The number of primary amides is 1. The van der Waals surface area contributed by atoms with E-state index in [-0.39, 0.29) is 5.91 Å². The van der Waals surface area contributed by atoms with Gasteiger partial charge < -0.3 is 16.4 Å². The zero-order valence-electron chi connectivity index (χ0n) is 12.4. The molecule has 2 rings (SSSR count). The number of rotatable bonds is 5. The van der Waals surface area contributed by atoms with Gasteiger partial charge in [0.1, 0.15) is 0 Å². The van der Waals surface area contributed by atoms with E-state index in [1.165, 1.54) is 5.56 Å². The molecule has 0 unspecified atom stereocenters. The molecule has 0 heterocycles. The lowest BCUT2D eigenvalue weighted by Crippen LogP contribution is -2.19. The number of urea groups is 1. The summed E-state index contributed by atoms with van der Waals surface area (Å²) in [7, 11) is 0. The molecule has 0 aliphatic heterocycles. The smallest absolute Gasteiger partial charge is 0.316 e. The number of nitrogens with two attached hydrogens (primary N) is 1. The first-order valence-corrected chi connectivity index (χ1v) is 7.05. The highest BCUT2D eigenvalue weighted by molar-refractivity contribution is 5.92. The number of aryl methyl sites for hydroxylation is 2. The third-order valence-electron chi connectivity index (χ3n) is 3.20. The van der Waals surface area contributed by atoms with E-state index in [0.717, 1.165) is 5.56 Å². The monoisotopic (exact) mass is 297 g/mol. The van der Waals surface area contributed by atoms with Gasteiger partial charge >= 0.3 is 6.03 Å². The minimum absolute atomic E-state index is 0.0452. The van der Waals surface area contributed by atoms with Gasteiger partial charge in [0, 0.05) is 17.8 Å². The molecule has 2 aromatic rings. The molecule has 0 saturated carbocycles. The normalized spacial score (nSPS) is 10.0. The molecule has 5 heteroatoms. The summed E-state index contributed by atoms with van der Waals surface area (Å²) in [6.07, 6.45) is 1.12. The molecule has 0 saturated heterocycles. The second kappa shape index (κ2) is 7.26. The molecule has 0 radical (unpaired) electrons. The van der Waals surface area contributed by atoms with Crippen LogP contribution < -0.4 is 16.4 Å². The van der Waals surface area contributed by atoms with Crippen molar-refractivity contribution in [1.29, 1.82) is 0 Å². The first kappa shape index (κ1) is 15.6. The fraction of sp³-hybridized carbons (Fsp3) is 0.176. The average Bonchev–Trinajstić information content (AvgIpc) is 2.48. The van der Waals surface area contributed by atoms with Crippen LogP contribution in [0.2, 0.25) is 0 Å². The minimum atomic E-state index is -0.616. The highest BCUT2D eigenvalue weighted by atomic mass is 16.2. The average molecular weight is 297 g/mol. The van der Waals surface area contributed by atoms with Crippen molar-refractivity contribution >= 4 is 23.3 Å². The summed E-state index contributed by atoms with van der Waals surface area (Å²) < 4.78 is 0. The van der Waals surface area contributed by atoms with E-state index in [9.17, 15) is 9.59 Å². The van der Waals surface area contributed by atoms with Crippen LogP contribution in [0, 0.1) is 6.92 Å². The van der Waals surface area contributed by atoms with Crippen LogP contribution in [0.15, 0.2) is 48.5 Å². The van der Waals surface area contributed by atoms with Gasteiger partial charge in [0.05, 0.1) is 0 Å². The van der Waals surface area contributed by atoms with Gasteiger partial charge in [0.25, 0.3) is 0 Å². The van der Waals surface area contributed by atoms with Crippen molar-refractivity contribution in [3.05, 3.63) is 59.7 Å². The molecular weight excluding hydrogens is 278 g/mol. The third kappa shape index (κ3) is 4.94. The maximum Gasteiger partial charge on any atom is 0.316 e. The summed E-state index contributed by atoms with van der Waals surface area (Å²) in [6, 6.07) is 14.3. The fourth-order valence-electron chi connectivity index (χ4n) is 2.02. The van der Waals surface area contributed by atoms with Crippen LogP contribution >= 0.6 is 0 Å². The molecule has 0 aromatic heterocycles. The number of hydrogen-bond donors (Lipinski definition) is 3. The quantitative estimate of drug-likeness (QED) is 0.792. The summed E-state index contributed by atoms with van der Waals surface area (Å²) in [5.74, 6) is -0.0452. The standard InChI is InChI=1S/C17H19N3O2/c1-12-2-4-13(5-3-12)6-11-16(21)19-14-7-9-15(10-8-14)20-17(18)22/h2-5,7-10H,6,11H2,1H3,(H,19,21)(H3,18,20,22). The molecule has 0 aliphatic rings. The van der Waals surface area contributed by atoms with Gasteiger partial charge in [-0.15, -0.1) is 0 Å². The van der Waals surface area contributed by atoms with Crippen LogP contribution in [0.1, 0.15) is 17.5 Å². The molecule has 114 valence electrons. The summed E-state index contributed by atoms with van der Waals surface area (Å²) in [4.78, 5) is 22.6. The Hall–Kier alpha value is -2.82. The number of amides is 3. The predicted molar refractivity (Wildman–Crippen MR) is 87.8 cm³/mol. The summed E-state index contributed by atoms with van der Waals surface area (Å²) in [6.45, 7) is 2.03. The van der Waals surface area contributed by atoms with Crippen molar-refractivity contribution in [3.63, 3.8) is 0 Å². The van der Waals surface area contributed by atoms with Crippen molar-refractivity contribution < 1.29 is 9.59 Å². The van der Waals surface area contributed by atoms with Gasteiger partial charge in [-0.25, -0.2) is 4.79 Å². The number of hydrogen-bond acceptors (Lipinski definition) is 2. The lowest BCUT2D eigenvalue weighted by Gasteiger charge is -2.07. The Balaban J connectivity index is 1.83. The fourth-order valence-corrected chi connectivity index (χ4v) is 2.02. The van der Waals surface area contributed by atoms with Gasteiger partial charge in [-0.05, 0) is 43.2 Å². The van der Waals surface area contributed by atoms with Crippen LogP contribution in [-0.2, 0) is 11.2 Å².